The zero-order valence-electron chi connectivity index (χ0n) is 17.3. The summed E-state index contributed by atoms with van der Waals surface area (Å²) in [5.74, 6) is 1.82. The Balaban J connectivity index is 1.63. The van der Waals surface area contributed by atoms with E-state index in [0.29, 0.717) is 29.2 Å². The van der Waals surface area contributed by atoms with Crippen molar-refractivity contribution in [2.75, 3.05) is 10.6 Å². The summed E-state index contributed by atoms with van der Waals surface area (Å²) in [7, 11) is 0. The summed E-state index contributed by atoms with van der Waals surface area (Å²) in [5, 5.41) is 7.56. The van der Waals surface area contributed by atoms with Gasteiger partial charge in [-0.2, -0.15) is 4.98 Å². The second kappa shape index (κ2) is 8.71. The zero-order valence-corrected chi connectivity index (χ0v) is 17.3. The number of ether oxygens (including phenoxy) is 1. The van der Waals surface area contributed by atoms with Gasteiger partial charge in [-0.05, 0) is 29.7 Å². The van der Waals surface area contributed by atoms with E-state index < -0.39 is 6.03 Å². The van der Waals surface area contributed by atoms with Gasteiger partial charge in [0.25, 0.3) is 0 Å². The van der Waals surface area contributed by atoms with Crippen molar-refractivity contribution < 1.29 is 9.53 Å². The molecule has 0 radical (unpaired) electrons. The molecule has 156 valence electrons. The highest BCUT2D eigenvalue weighted by atomic mass is 16.5. The number of nitrogens with two attached hydrogens (primary N) is 1. The molecule has 0 aliphatic carbocycles. The van der Waals surface area contributed by atoms with Gasteiger partial charge in [0.05, 0.1) is 5.69 Å². The number of nitrogens with zero attached hydrogens (tertiary/aromatic N) is 2. The average Bonchev–Trinajstić information content (AvgIpc) is 2.76. The van der Waals surface area contributed by atoms with Gasteiger partial charge in [-0.3, -0.25) is 0 Å². The Hall–Kier alpha value is -4.13. The van der Waals surface area contributed by atoms with Crippen molar-refractivity contribution in [1.29, 1.82) is 0 Å². The van der Waals surface area contributed by atoms with Gasteiger partial charge < -0.3 is 21.1 Å². The van der Waals surface area contributed by atoms with Crippen LogP contribution >= 0.6 is 0 Å². The molecule has 4 rings (SSSR count). The third-order valence-electron chi connectivity index (χ3n) is 4.82. The first-order chi connectivity index (χ1) is 15.0. The number of carbonyl (C=O) groups excluding carboxylic acids is 1. The molecule has 4 N–H and O–H groups in total. The van der Waals surface area contributed by atoms with Crippen LogP contribution in [0.3, 0.4) is 0 Å². The van der Waals surface area contributed by atoms with Gasteiger partial charge in [-0.25, -0.2) is 9.78 Å². The van der Waals surface area contributed by atoms with Crippen LogP contribution in [0.25, 0.3) is 10.8 Å². The lowest BCUT2D eigenvalue weighted by molar-refractivity contribution is 0.259. The van der Waals surface area contributed by atoms with E-state index in [1.165, 1.54) is 5.56 Å². The maximum Gasteiger partial charge on any atom is 0.316 e. The first-order valence-corrected chi connectivity index (χ1v) is 9.96. The number of benzene rings is 3. The molecule has 0 aliphatic rings. The van der Waals surface area contributed by atoms with Gasteiger partial charge in [0.15, 0.2) is 0 Å². The van der Waals surface area contributed by atoms with E-state index in [-0.39, 0.29) is 0 Å². The number of fused-ring (bicyclic) bond motifs is 1. The molecule has 0 saturated carbocycles. The number of amides is 2. The monoisotopic (exact) mass is 413 g/mol. The first kappa shape index (κ1) is 20.2. The minimum atomic E-state index is -0.619. The standard InChI is InChI=1S/C24H23N5O2/c1-15(2)16-7-5-6-10-19(16)28-24-26-14-13-22(29-24)31-21-12-11-20(27-23(25)30)17-8-3-4-9-18(17)21/h3-15H,1-2H3,(H3,25,27,30)(H,26,28,29). The molecule has 7 nitrogen and oxygen atoms in total. The lowest BCUT2D eigenvalue weighted by Gasteiger charge is -2.14. The number of para-hydroxylation sites is 1. The Morgan fingerprint density at radius 2 is 1.68 bits per heavy atom. The van der Waals surface area contributed by atoms with E-state index in [9.17, 15) is 4.79 Å². The van der Waals surface area contributed by atoms with Crippen LogP contribution in [0.2, 0.25) is 0 Å². The summed E-state index contributed by atoms with van der Waals surface area (Å²) in [5.41, 5.74) is 8.04. The van der Waals surface area contributed by atoms with Crippen LogP contribution in [-0.2, 0) is 0 Å². The molecule has 1 heterocycles. The van der Waals surface area contributed by atoms with Crippen LogP contribution in [0.15, 0.2) is 72.9 Å². The fourth-order valence-electron chi connectivity index (χ4n) is 3.41. The second-order valence-corrected chi connectivity index (χ2v) is 7.33. The minimum Gasteiger partial charge on any atom is -0.438 e. The number of nitrogens with one attached hydrogen (secondary N) is 2. The summed E-state index contributed by atoms with van der Waals surface area (Å²) >= 11 is 0. The van der Waals surface area contributed by atoms with E-state index in [1.54, 1.807) is 24.4 Å². The van der Waals surface area contributed by atoms with Crippen LogP contribution < -0.4 is 21.1 Å². The molecule has 31 heavy (non-hydrogen) atoms. The molecule has 7 heteroatoms. The summed E-state index contributed by atoms with van der Waals surface area (Å²) in [6.45, 7) is 4.28. The molecule has 0 saturated heterocycles. The summed E-state index contributed by atoms with van der Waals surface area (Å²) in [6.07, 6.45) is 1.65. The Kier molecular flexibility index (Phi) is 5.66. The Morgan fingerprint density at radius 3 is 2.45 bits per heavy atom. The maximum absolute atomic E-state index is 11.3. The average molecular weight is 413 g/mol. The molecule has 0 unspecified atom stereocenters. The first-order valence-electron chi connectivity index (χ1n) is 9.96. The van der Waals surface area contributed by atoms with Crippen LogP contribution in [0, 0.1) is 0 Å². The van der Waals surface area contributed by atoms with Gasteiger partial charge in [0.1, 0.15) is 5.75 Å². The molecule has 3 aromatic carbocycles. The number of hydrogen-bond donors (Lipinski definition) is 3. The summed E-state index contributed by atoms with van der Waals surface area (Å²) < 4.78 is 6.07. The van der Waals surface area contributed by atoms with E-state index in [1.807, 2.05) is 42.5 Å². The third-order valence-corrected chi connectivity index (χ3v) is 4.82. The van der Waals surface area contributed by atoms with Crippen LogP contribution in [0.1, 0.15) is 25.3 Å². The zero-order chi connectivity index (χ0) is 21.8. The lowest BCUT2D eigenvalue weighted by atomic mass is 10.0. The van der Waals surface area contributed by atoms with Crippen molar-refractivity contribution in [3.8, 4) is 11.6 Å². The van der Waals surface area contributed by atoms with Gasteiger partial charge in [-0.15, -0.1) is 0 Å². The van der Waals surface area contributed by atoms with E-state index in [0.717, 1.165) is 16.5 Å². The van der Waals surface area contributed by atoms with E-state index in [4.69, 9.17) is 10.5 Å². The van der Waals surface area contributed by atoms with Crippen molar-refractivity contribution in [1.82, 2.24) is 9.97 Å². The molecular formula is C24H23N5O2. The predicted octanol–water partition coefficient (Wildman–Crippen LogP) is 5.78. The maximum atomic E-state index is 11.3. The van der Waals surface area contributed by atoms with E-state index in [2.05, 4.69) is 40.5 Å². The van der Waals surface area contributed by atoms with Crippen LogP contribution in [0.5, 0.6) is 11.6 Å². The molecule has 1 aromatic heterocycles. The highest BCUT2D eigenvalue weighted by Gasteiger charge is 2.11. The highest BCUT2D eigenvalue weighted by molar-refractivity contribution is 6.03. The largest absolute Gasteiger partial charge is 0.438 e. The summed E-state index contributed by atoms with van der Waals surface area (Å²) in [4.78, 5) is 20.1. The minimum absolute atomic E-state index is 0.363. The predicted molar refractivity (Wildman–Crippen MR) is 123 cm³/mol. The molecule has 0 fully saturated rings. The number of primary amides is 1. The van der Waals surface area contributed by atoms with Gasteiger partial charge in [-0.1, -0.05) is 56.3 Å². The van der Waals surface area contributed by atoms with Crippen molar-refractivity contribution in [2.45, 2.75) is 19.8 Å². The number of rotatable bonds is 6. The molecule has 0 bridgehead atoms. The molecule has 2 amide bonds. The third kappa shape index (κ3) is 4.56. The topological polar surface area (TPSA) is 102 Å². The molecule has 4 aromatic rings. The van der Waals surface area contributed by atoms with Gasteiger partial charge >= 0.3 is 6.03 Å². The number of aromatic nitrogens is 2. The Labute approximate surface area is 180 Å². The SMILES string of the molecule is CC(C)c1ccccc1Nc1nccc(Oc2ccc(NC(N)=O)c3ccccc23)n1. The Bertz CT molecular complexity index is 1240. The molecule has 0 atom stereocenters. The quantitative estimate of drug-likeness (QED) is 0.372. The van der Waals surface area contributed by atoms with E-state index >= 15 is 0 Å². The number of urea groups is 1. The normalized spacial score (nSPS) is 10.8. The fraction of sp³-hybridized carbons (Fsp3) is 0.125. The lowest BCUT2D eigenvalue weighted by Crippen LogP contribution is -2.19. The van der Waals surface area contributed by atoms with Crippen molar-refractivity contribution in [3.05, 3.63) is 78.5 Å². The van der Waals surface area contributed by atoms with Crippen molar-refractivity contribution >= 4 is 34.1 Å². The number of anilines is 3. The van der Waals surface area contributed by atoms with Crippen LogP contribution in [0.4, 0.5) is 22.1 Å². The number of carbonyl (C=O) groups is 1. The van der Waals surface area contributed by atoms with Crippen molar-refractivity contribution in [2.24, 2.45) is 5.73 Å². The molecule has 0 aliphatic heterocycles. The summed E-state index contributed by atoms with van der Waals surface area (Å²) in [6, 6.07) is 20.3. The van der Waals surface area contributed by atoms with Gasteiger partial charge in [0.2, 0.25) is 11.8 Å². The molecular weight excluding hydrogens is 390 g/mol. The van der Waals surface area contributed by atoms with Gasteiger partial charge in [0, 0.05) is 28.7 Å². The smallest absolute Gasteiger partial charge is 0.316 e. The van der Waals surface area contributed by atoms with Crippen LogP contribution in [-0.4, -0.2) is 16.0 Å². The highest BCUT2D eigenvalue weighted by Crippen LogP contribution is 2.34. The fourth-order valence-corrected chi connectivity index (χ4v) is 3.41. The van der Waals surface area contributed by atoms with Crippen molar-refractivity contribution in [3.63, 3.8) is 0 Å². The Morgan fingerprint density at radius 1 is 0.935 bits per heavy atom. The number of hydrogen-bond acceptors (Lipinski definition) is 5. The molecule has 0 spiro atoms. The second-order valence-electron chi connectivity index (χ2n) is 7.33.